The molecular weight excluding hydrogens is 286 g/mol. The maximum absolute atomic E-state index is 11.9. The molecule has 0 spiro atoms. The predicted molar refractivity (Wildman–Crippen MR) is 77.0 cm³/mol. The Balaban J connectivity index is 2.57. The van der Waals surface area contributed by atoms with Gasteiger partial charge in [-0.2, -0.15) is 0 Å². The summed E-state index contributed by atoms with van der Waals surface area (Å²) in [5.41, 5.74) is 0.759. The summed E-state index contributed by atoms with van der Waals surface area (Å²) in [4.78, 5) is 16.6. The van der Waals surface area contributed by atoms with Gasteiger partial charge in [0.25, 0.3) is 0 Å². The largest absolute Gasteiger partial charge is 0.461 e. The SMILES string of the molecule is CCOC(=O)C(=NOC)c1csc2cccc(Cl)c12. The van der Waals surface area contributed by atoms with Gasteiger partial charge < -0.3 is 9.57 Å². The van der Waals surface area contributed by atoms with Crippen LogP contribution in [0.4, 0.5) is 0 Å². The summed E-state index contributed by atoms with van der Waals surface area (Å²) >= 11 is 7.68. The number of esters is 1. The van der Waals surface area contributed by atoms with Gasteiger partial charge in [0.1, 0.15) is 7.11 Å². The fourth-order valence-electron chi connectivity index (χ4n) is 1.71. The molecule has 0 unspecified atom stereocenters. The lowest BCUT2D eigenvalue weighted by atomic mass is 10.1. The maximum atomic E-state index is 11.9. The molecule has 0 aliphatic carbocycles. The van der Waals surface area contributed by atoms with Gasteiger partial charge in [0.05, 0.1) is 6.61 Å². The Morgan fingerprint density at radius 1 is 1.47 bits per heavy atom. The standard InChI is InChI=1S/C13H12ClNO3S/c1-3-18-13(16)12(15-17-2)8-7-19-10-6-4-5-9(14)11(8)10/h4-7H,3H2,1-2H3. The minimum atomic E-state index is -0.524. The Morgan fingerprint density at radius 2 is 2.26 bits per heavy atom. The van der Waals surface area contributed by atoms with Crippen LogP contribution >= 0.6 is 22.9 Å². The Labute approximate surface area is 119 Å². The molecule has 0 aliphatic rings. The molecule has 1 heterocycles. The highest BCUT2D eigenvalue weighted by Gasteiger charge is 2.21. The van der Waals surface area contributed by atoms with Gasteiger partial charge in [-0.1, -0.05) is 22.8 Å². The zero-order chi connectivity index (χ0) is 13.8. The molecule has 0 aliphatic heterocycles. The van der Waals surface area contributed by atoms with Gasteiger partial charge in [0.2, 0.25) is 0 Å². The van der Waals surface area contributed by atoms with E-state index in [0.717, 1.165) is 10.1 Å². The monoisotopic (exact) mass is 297 g/mol. The van der Waals surface area contributed by atoms with Gasteiger partial charge in [0, 0.05) is 26.1 Å². The predicted octanol–water partition coefficient (Wildman–Crippen LogP) is 3.47. The van der Waals surface area contributed by atoms with Crippen LogP contribution in [0, 0.1) is 0 Å². The number of hydrogen-bond acceptors (Lipinski definition) is 5. The third kappa shape index (κ3) is 2.72. The van der Waals surface area contributed by atoms with Crippen molar-refractivity contribution < 1.29 is 14.4 Å². The van der Waals surface area contributed by atoms with Crippen LogP contribution in [-0.4, -0.2) is 25.4 Å². The lowest BCUT2D eigenvalue weighted by Crippen LogP contribution is -2.18. The molecule has 19 heavy (non-hydrogen) atoms. The number of carbonyl (C=O) groups is 1. The molecule has 2 rings (SSSR count). The van der Waals surface area contributed by atoms with Crippen LogP contribution < -0.4 is 0 Å². The lowest BCUT2D eigenvalue weighted by molar-refractivity contribution is -0.135. The molecule has 0 amide bonds. The Morgan fingerprint density at radius 3 is 2.95 bits per heavy atom. The van der Waals surface area contributed by atoms with Gasteiger partial charge in [-0.3, -0.25) is 0 Å². The summed E-state index contributed by atoms with van der Waals surface area (Å²) in [7, 11) is 1.38. The zero-order valence-electron chi connectivity index (χ0n) is 10.5. The van der Waals surface area contributed by atoms with Crippen LogP contribution in [0.5, 0.6) is 0 Å². The molecule has 0 bridgehead atoms. The van der Waals surface area contributed by atoms with Gasteiger partial charge >= 0.3 is 5.97 Å². The van der Waals surface area contributed by atoms with Crippen LogP contribution in [0.15, 0.2) is 28.7 Å². The van der Waals surface area contributed by atoms with E-state index in [1.807, 2.05) is 17.5 Å². The number of oxime groups is 1. The highest BCUT2D eigenvalue weighted by atomic mass is 35.5. The van der Waals surface area contributed by atoms with Crippen LogP contribution in [-0.2, 0) is 14.4 Å². The lowest BCUT2D eigenvalue weighted by Gasteiger charge is -2.05. The third-order valence-corrected chi connectivity index (χ3v) is 3.72. The normalized spacial score (nSPS) is 11.6. The first-order chi connectivity index (χ1) is 9.19. The minimum Gasteiger partial charge on any atom is -0.461 e. The first-order valence-electron chi connectivity index (χ1n) is 5.63. The van der Waals surface area contributed by atoms with Crippen molar-refractivity contribution >= 4 is 44.7 Å². The van der Waals surface area contributed by atoms with E-state index >= 15 is 0 Å². The number of hydrogen-bond donors (Lipinski definition) is 0. The topological polar surface area (TPSA) is 47.9 Å². The van der Waals surface area contributed by atoms with Gasteiger partial charge in [-0.25, -0.2) is 4.79 Å². The second kappa shape index (κ2) is 6.04. The molecule has 4 nitrogen and oxygen atoms in total. The van der Waals surface area contributed by atoms with Crippen molar-refractivity contribution in [1.29, 1.82) is 0 Å². The van der Waals surface area contributed by atoms with Gasteiger partial charge in [0.15, 0.2) is 5.71 Å². The third-order valence-electron chi connectivity index (χ3n) is 2.45. The highest BCUT2D eigenvalue weighted by Crippen LogP contribution is 2.32. The van der Waals surface area contributed by atoms with Crippen molar-refractivity contribution in [3.8, 4) is 0 Å². The molecule has 0 saturated heterocycles. The average Bonchev–Trinajstić information content (AvgIpc) is 2.81. The van der Waals surface area contributed by atoms with E-state index in [2.05, 4.69) is 5.16 Å². The Hall–Kier alpha value is -1.59. The number of thiophene rings is 1. The summed E-state index contributed by atoms with van der Waals surface area (Å²) in [5.74, 6) is -0.524. The fraction of sp³-hybridized carbons (Fsp3) is 0.231. The molecule has 0 saturated carbocycles. The van der Waals surface area contributed by atoms with E-state index in [1.165, 1.54) is 18.4 Å². The van der Waals surface area contributed by atoms with E-state index in [-0.39, 0.29) is 12.3 Å². The van der Waals surface area contributed by atoms with Crippen LogP contribution in [0.25, 0.3) is 10.1 Å². The van der Waals surface area contributed by atoms with Crippen LogP contribution in [0.3, 0.4) is 0 Å². The van der Waals surface area contributed by atoms with Crippen molar-refractivity contribution in [3.05, 3.63) is 34.2 Å². The molecule has 1 aromatic carbocycles. The summed E-state index contributed by atoms with van der Waals surface area (Å²) in [6, 6.07) is 5.57. The number of rotatable bonds is 4. The molecule has 0 atom stereocenters. The molecule has 0 fully saturated rings. The minimum absolute atomic E-state index is 0.128. The molecule has 0 radical (unpaired) electrons. The van der Waals surface area contributed by atoms with Crippen LogP contribution in [0.2, 0.25) is 5.02 Å². The number of nitrogens with zero attached hydrogens (tertiary/aromatic N) is 1. The molecule has 1 aromatic heterocycles. The molecule has 6 heteroatoms. The number of fused-ring (bicyclic) bond motifs is 1. The van der Waals surface area contributed by atoms with Crippen molar-refractivity contribution in [2.24, 2.45) is 5.16 Å². The number of carbonyl (C=O) groups excluding carboxylic acids is 1. The molecule has 2 aromatic rings. The quantitative estimate of drug-likeness (QED) is 0.493. The van der Waals surface area contributed by atoms with Crippen molar-refractivity contribution in [2.75, 3.05) is 13.7 Å². The first kappa shape index (κ1) is 13.8. The second-order valence-electron chi connectivity index (χ2n) is 3.61. The summed E-state index contributed by atoms with van der Waals surface area (Å²) in [5, 5.41) is 6.95. The first-order valence-corrected chi connectivity index (χ1v) is 6.89. The van der Waals surface area contributed by atoms with Gasteiger partial charge in [-0.15, -0.1) is 11.3 Å². The zero-order valence-corrected chi connectivity index (χ0v) is 12.0. The molecular formula is C13H12ClNO3S. The van der Waals surface area contributed by atoms with E-state index in [9.17, 15) is 4.79 Å². The smallest absolute Gasteiger partial charge is 0.361 e. The summed E-state index contributed by atoms with van der Waals surface area (Å²) in [6.07, 6.45) is 0. The van der Waals surface area contributed by atoms with Crippen molar-refractivity contribution in [2.45, 2.75) is 6.92 Å². The molecule has 0 N–H and O–H groups in total. The number of benzene rings is 1. The Bertz CT molecular complexity index is 636. The van der Waals surface area contributed by atoms with Crippen molar-refractivity contribution in [1.82, 2.24) is 0 Å². The van der Waals surface area contributed by atoms with E-state index in [0.29, 0.717) is 10.6 Å². The second-order valence-corrected chi connectivity index (χ2v) is 4.92. The van der Waals surface area contributed by atoms with E-state index in [1.54, 1.807) is 13.0 Å². The van der Waals surface area contributed by atoms with Crippen LogP contribution in [0.1, 0.15) is 12.5 Å². The van der Waals surface area contributed by atoms with Gasteiger partial charge in [-0.05, 0) is 19.1 Å². The van der Waals surface area contributed by atoms with Crippen molar-refractivity contribution in [3.63, 3.8) is 0 Å². The number of halogens is 1. The highest BCUT2D eigenvalue weighted by molar-refractivity contribution is 7.17. The Kier molecular flexibility index (Phi) is 4.39. The molecule has 100 valence electrons. The summed E-state index contributed by atoms with van der Waals surface area (Å²) < 4.78 is 5.96. The summed E-state index contributed by atoms with van der Waals surface area (Å²) in [6.45, 7) is 2.01. The van der Waals surface area contributed by atoms with E-state index < -0.39 is 5.97 Å². The maximum Gasteiger partial charge on any atom is 0.361 e. The number of ether oxygens (including phenoxy) is 1. The average molecular weight is 298 g/mol. The fourth-order valence-corrected chi connectivity index (χ4v) is 3.01. The van der Waals surface area contributed by atoms with E-state index in [4.69, 9.17) is 21.2 Å².